The fourth-order valence-electron chi connectivity index (χ4n) is 1.53. The van der Waals surface area contributed by atoms with Gasteiger partial charge in [0, 0.05) is 5.92 Å². The van der Waals surface area contributed by atoms with Crippen molar-refractivity contribution in [2.45, 2.75) is 25.4 Å². The number of halogens is 3. The van der Waals surface area contributed by atoms with Gasteiger partial charge in [0.05, 0.1) is 5.56 Å². The van der Waals surface area contributed by atoms with Crippen LogP contribution in [-0.2, 0) is 12.6 Å². The summed E-state index contributed by atoms with van der Waals surface area (Å²) in [5, 5.41) is 0. The monoisotopic (exact) mass is 227 g/mol. The Morgan fingerprint density at radius 1 is 1.38 bits per heavy atom. The van der Waals surface area contributed by atoms with Crippen LogP contribution in [0.3, 0.4) is 0 Å². The van der Waals surface area contributed by atoms with Crippen molar-refractivity contribution in [3.63, 3.8) is 0 Å². The number of hydrogen-bond acceptors (Lipinski definition) is 0. The highest BCUT2D eigenvalue weighted by Gasteiger charge is 2.33. The van der Waals surface area contributed by atoms with E-state index in [1.54, 1.807) is 13.0 Å². The normalized spacial score (nSPS) is 13.6. The van der Waals surface area contributed by atoms with Gasteiger partial charge >= 0.3 is 6.18 Å². The maximum absolute atomic E-state index is 12.7. The van der Waals surface area contributed by atoms with Crippen molar-refractivity contribution < 1.29 is 13.2 Å². The largest absolute Gasteiger partial charge is 0.416 e. The van der Waals surface area contributed by atoms with E-state index in [4.69, 9.17) is 0 Å². The Morgan fingerprint density at radius 2 is 2.00 bits per heavy atom. The first kappa shape index (κ1) is 12.8. The molecule has 1 aromatic rings. The smallest absolute Gasteiger partial charge is 0.166 e. The molecule has 87 valence electrons. The number of rotatable bonds is 3. The summed E-state index contributed by atoms with van der Waals surface area (Å²) < 4.78 is 38.2. The highest BCUT2D eigenvalue weighted by molar-refractivity contribution is 5.37. The van der Waals surface area contributed by atoms with Gasteiger partial charge < -0.3 is 0 Å². The molecule has 0 saturated carbocycles. The Morgan fingerprint density at radius 3 is 2.44 bits per heavy atom. The van der Waals surface area contributed by atoms with Gasteiger partial charge in [0.15, 0.2) is 0 Å². The molecule has 0 bridgehead atoms. The van der Waals surface area contributed by atoms with Gasteiger partial charge in [-0.05, 0) is 30.5 Å². The zero-order valence-corrected chi connectivity index (χ0v) is 9.14. The predicted octanol–water partition coefficient (Wildman–Crippen LogP) is 4.37. The minimum Gasteiger partial charge on any atom is -0.166 e. The Bertz CT molecular complexity index is 377. The second-order valence-corrected chi connectivity index (χ2v) is 3.61. The Labute approximate surface area is 93.8 Å². The van der Waals surface area contributed by atoms with Gasteiger partial charge in [-0.25, -0.2) is 0 Å². The molecule has 0 aromatic heterocycles. The van der Waals surface area contributed by atoms with Crippen LogP contribution in [0.2, 0.25) is 0 Å². The van der Waals surface area contributed by atoms with Gasteiger partial charge in [0.1, 0.15) is 0 Å². The molecule has 0 fully saturated rings. The van der Waals surface area contributed by atoms with E-state index in [1.807, 2.05) is 0 Å². The lowest BCUT2D eigenvalue weighted by Gasteiger charge is -2.15. The fraction of sp³-hybridized carbons (Fsp3) is 0.308. The first-order chi connectivity index (χ1) is 7.40. The minimum absolute atomic E-state index is 0.313. The van der Waals surface area contributed by atoms with Crippen molar-refractivity contribution in [3.8, 4) is 0 Å². The Kier molecular flexibility index (Phi) is 3.79. The molecule has 0 N–H and O–H groups in total. The summed E-state index contributed by atoms with van der Waals surface area (Å²) >= 11 is 0. The molecule has 0 amide bonds. The zero-order valence-electron chi connectivity index (χ0n) is 9.14. The molecule has 1 aromatic carbocycles. The van der Waals surface area contributed by atoms with E-state index in [0.717, 1.165) is 6.07 Å². The van der Waals surface area contributed by atoms with Crippen molar-refractivity contribution in [2.24, 2.45) is 0 Å². The summed E-state index contributed by atoms with van der Waals surface area (Å²) in [7, 11) is 0. The summed E-state index contributed by atoms with van der Waals surface area (Å²) in [6.07, 6.45) is -2.41. The molecule has 16 heavy (non-hydrogen) atoms. The van der Waals surface area contributed by atoms with Crippen LogP contribution in [0.25, 0.3) is 0 Å². The molecule has 0 heterocycles. The molecule has 0 aliphatic heterocycles. The summed E-state index contributed by atoms with van der Waals surface area (Å²) in [5.74, 6) is -0.313. The molecule has 0 saturated heterocycles. The molecule has 1 atom stereocenters. The van der Waals surface area contributed by atoms with Crippen LogP contribution in [0.1, 0.15) is 29.5 Å². The van der Waals surface area contributed by atoms with Gasteiger partial charge in [-0.2, -0.15) is 13.2 Å². The van der Waals surface area contributed by atoms with E-state index in [2.05, 4.69) is 13.5 Å². The maximum atomic E-state index is 12.7. The number of benzene rings is 1. The van der Waals surface area contributed by atoms with Crippen LogP contribution in [0.5, 0.6) is 0 Å². The van der Waals surface area contributed by atoms with E-state index >= 15 is 0 Å². The SMILES string of the molecule is [CH2]C(C=C)c1ccc(CC)c(C(F)(F)F)c1. The summed E-state index contributed by atoms with van der Waals surface area (Å²) in [5.41, 5.74) is 0.287. The fourth-order valence-corrected chi connectivity index (χ4v) is 1.53. The highest BCUT2D eigenvalue weighted by Crippen LogP contribution is 2.34. The number of alkyl halides is 3. The minimum atomic E-state index is -4.30. The van der Waals surface area contributed by atoms with E-state index in [9.17, 15) is 13.2 Å². The predicted molar refractivity (Wildman–Crippen MR) is 59.1 cm³/mol. The molecule has 0 aliphatic carbocycles. The van der Waals surface area contributed by atoms with Gasteiger partial charge in [0.2, 0.25) is 0 Å². The molecular formula is C13H14F3. The first-order valence-electron chi connectivity index (χ1n) is 5.05. The average Bonchev–Trinajstić information content (AvgIpc) is 2.26. The quantitative estimate of drug-likeness (QED) is 0.672. The lowest BCUT2D eigenvalue weighted by molar-refractivity contribution is -0.138. The molecule has 3 heteroatoms. The average molecular weight is 227 g/mol. The Hall–Kier alpha value is -1.25. The zero-order chi connectivity index (χ0) is 12.3. The molecule has 1 unspecified atom stereocenters. The van der Waals surface area contributed by atoms with Gasteiger partial charge in [-0.3, -0.25) is 0 Å². The Balaban J connectivity index is 3.27. The molecule has 1 radical (unpaired) electrons. The van der Waals surface area contributed by atoms with Crippen LogP contribution in [0.15, 0.2) is 30.9 Å². The van der Waals surface area contributed by atoms with Gasteiger partial charge in [0.25, 0.3) is 0 Å². The number of aryl methyl sites for hydroxylation is 1. The van der Waals surface area contributed by atoms with Crippen LogP contribution in [-0.4, -0.2) is 0 Å². The number of hydrogen-bond donors (Lipinski definition) is 0. The summed E-state index contributed by atoms with van der Waals surface area (Å²) in [6, 6.07) is 4.35. The lowest BCUT2D eigenvalue weighted by Crippen LogP contribution is -2.10. The van der Waals surface area contributed by atoms with Crippen molar-refractivity contribution in [1.29, 1.82) is 0 Å². The number of allylic oxidation sites excluding steroid dienone is 1. The second kappa shape index (κ2) is 4.73. The third kappa shape index (κ3) is 2.65. The third-order valence-corrected chi connectivity index (χ3v) is 2.53. The van der Waals surface area contributed by atoms with Crippen molar-refractivity contribution in [1.82, 2.24) is 0 Å². The molecule has 0 aliphatic rings. The van der Waals surface area contributed by atoms with Crippen LogP contribution < -0.4 is 0 Å². The second-order valence-electron chi connectivity index (χ2n) is 3.61. The van der Waals surface area contributed by atoms with E-state index in [1.165, 1.54) is 12.1 Å². The van der Waals surface area contributed by atoms with Gasteiger partial charge in [-0.1, -0.05) is 25.1 Å². The molecule has 1 rings (SSSR count). The van der Waals surface area contributed by atoms with Crippen molar-refractivity contribution in [2.75, 3.05) is 0 Å². The van der Waals surface area contributed by atoms with Gasteiger partial charge in [-0.15, -0.1) is 6.58 Å². The summed E-state index contributed by atoms with van der Waals surface area (Å²) in [6.45, 7) is 8.96. The highest BCUT2D eigenvalue weighted by atomic mass is 19.4. The van der Waals surface area contributed by atoms with Crippen molar-refractivity contribution in [3.05, 3.63) is 54.5 Å². The maximum Gasteiger partial charge on any atom is 0.416 e. The van der Waals surface area contributed by atoms with Crippen LogP contribution in [0, 0.1) is 6.92 Å². The first-order valence-corrected chi connectivity index (χ1v) is 5.05. The molecule has 0 spiro atoms. The lowest BCUT2D eigenvalue weighted by atomic mass is 9.95. The third-order valence-electron chi connectivity index (χ3n) is 2.53. The topological polar surface area (TPSA) is 0 Å². The molecule has 0 nitrogen and oxygen atoms in total. The van der Waals surface area contributed by atoms with E-state index < -0.39 is 11.7 Å². The van der Waals surface area contributed by atoms with E-state index in [0.29, 0.717) is 17.5 Å². The van der Waals surface area contributed by atoms with Crippen LogP contribution >= 0.6 is 0 Å². The molecular weight excluding hydrogens is 213 g/mol. The van der Waals surface area contributed by atoms with Crippen LogP contribution in [0.4, 0.5) is 13.2 Å². The standard InChI is InChI=1S/C13H14F3/c1-4-9(3)11-7-6-10(5-2)12(8-11)13(14,15)16/h4,6-9H,1,3,5H2,2H3. The summed E-state index contributed by atoms with van der Waals surface area (Å²) in [4.78, 5) is 0. The van der Waals surface area contributed by atoms with Crippen molar-refractivity contribution >= 4 is 0 Å². The van der Waals surface area contributed by atoms with E-state index in [-0.39, 0.29) is 5.92 Å².